The van der Waals surface area contributed by atoms with Gasteiger partial charge in [-0.25, -0.2) is 4.79 Å². The fourth-order valence-electron chi connectivity index (χ4n) is 2.16. The van der Waals surface area contributed by atoms with E-state index < -0.39 is 0 Å². The molecule has 0 saturated heterocycles. The molecule has 23 heavy (non-hydrogen) atoms. The SMILES string of the molecule is COC(=O)c1ccc(N=Cc2cc3c(cc2OC)OCO3)cc1. The molecule has 118 valence electrons. The van der Waals surface area contributed by atoms with E-state index in [9.17, 15) is 4.79 Å². The topological polar surface area (TPSA) is 66.4 Å². The summed E-state index contributed by atoms with van der Waals surface area (Å²) in [6, 6.07) is 10.4. The van der Waals surface area contributed by atoms with Gasteiger partial charge in [-0.05, 0) is 30.3 Å². The van der Waals surface area contributed by atoms with Crippen molar-refractivity contribution in [3.8, 4) is 17.2 Å². The quantitative estimate of drug-likeness (QED) is 0.641. The first-order valence-electron chi connectivity index (χ1n) is 6.91. The second-order valence-electron chi connectivity index (χ2n) is 4.74. The van der Waals surface area contributed by atoms with Crippen LogP contribution in [-0.2, 0) is 4.74 Å². The second-order valence-corrected chi connectivity index (χ2v) is 4.74. The highest BCUT2D eigenvalue weighted by atomic mass is 16.7. The molecule has 0 radical (unpaired) electrons. The summed E-state index contributed by atoms with van der Waals surface area (Å²) in [4.78, 5) is 15.8. The van der Waals surface area contributed by atoms with E-state index in [1.165, 1.54) is 7.11 Å². The summed E-state index contributed by atoms with van der Waals surface area (Å²) in [5.41, 5.74) is 1.96. The van der Waals surface area contributed by atoms with E-state index in [0.29, 0.717) is 28.5 Å². The van der Waals surface area contributed by atoms with Crippen LogP contribution in [0.3, 0.4) is 0 Å². The van der Waals surface area contributed by atoms with Crippen molar-refractivity contribution in [2.75, 3.05) is 21.0 Å². The van der Waals surface area contributed by atoms with Crippen molar-refractivity contribution in [2.24, 2.45) is 4.99 Å². The first kappa shape index (κ1) is 14.9. The van der Waals surface area contributed by atoms with Gasteiger partial charge in [0, 0.05) is 17.8 Å². The van der Waals surface area contributed by atoms with Gasteiger partial charge in [0.15, 0.2) is 11.5 Å². The van der Waals surface area contributed by atoms with E-state index in [-0.39, 0.29) is 12.8 Å². The van der Waals surface area contributed by atoms with Crippen molar-refractivity contribution in [1.82, 2.24) is 0 Å². The minimum Gasteiger partial charge on any atom is -0.496 e. The van der Waals surface area contributed by atoms with E-state index in [1.807, 2.05) is 6.07 Å². The molecule has 0 bridgehead atoms. The monoisotopic (exact) mass is 313 g/mol. The Morgan fingerprint density at radius 1 is 1.13 bits per heavy atom. The zero-order valence-corrected chi connectivity index (χ0v) is 12.7. The summed E-state index contributed by atoms with van der Waals surface area (Å²) < 4.78 is 20.7. The summed E-state index contributed by atoms with van der Waals surface area (Å²) in [6.07, 6.45) is 1.67. The number of ether oxygens (including phenoxy) is 4. The lowest BCUT2D eigenvalue weighted by Crippen LogP contribution is -1.99. The predicted molar refractivity (Wildman–Crippen MR) is 84.2 cm³/mol. The third kappa shape index (κ3) is 3.11. The molecule has 0 aliphatic carbocycles. The van der Waals surface area contributed by atoms with Gasteiger partial charge in [-0.15, -0.1) is 0 Å². The van der Waals surface area contributed by atoms with Crippen LogP contribution in [0, 0.1) is 0 Å². The lowest BCUT2D eigenvalue weighted by Gasteiger charge is -2.06. The standard InChI is InChI=1S/C17H15NO5/c1-20-14-8-16-15(22-10-23-16)7-12(14)9-18-13-5-3-11(4-6-13)17(19)21-2/h3-9H,10H2,1-2H3. The zero-order valence-electron chi connectivity index (χ0n) is 12.7. The first-order chi connectivity index (χ1) is 11.2. The number of nitrogens with zero attached hydrogens (tertiary/aromatic N) is 1. The lowest BCUT2D eigenvalue weighted by molar-refractivity contribution is 0.0601. The lowest BCUT2D eigenvalue weighted by atomic mass is 10.2. The number of hydrogen-bond donors (Lipinski definition) is 0. The van der Waals surface area contributed by atoms with Gasteiger partial charge < -0.3 is 18.9 Å². The fraction of sp³-hybridized carbons (Fsp3) is 0.176. The number of aliphatic imine (C=N–C) groups is 1. The van der Waals surface area contributed by atoms with Crippen LogP contribution >= 0.6 is 0 Å². The number of methoxy groups -OCH3 is 2. The van der Waals surface area contributed by atoms with E-state index in [4.69, 9.17) is 14.2 Å². The predicted octanol–water partition coefficient (Wildman–Crippen LogP) is 2.96. The van der Waals surface area contributed by atoms with Crippen LogP contribution in [0.15, 0.2) is 41.4 Å². The molecule has 0 aromatic heterocycles. The molecule has 1 aliphatic rings. The third-order valence-electron chi connectivity index (χ3n) is 3.37. The highest BCUT2D eigenvalue weighted by Crippen LogP contribution is 2.37. The van der Waals surface area contributed by atoms with Crippen LogP contribution < -0.4 is 14.2 Å². The zero-order chi connectivity index (χ0) is 16.2. The Balaban J connectivity index is 1.84. The Kier molecular flexibility index (Phi) is 4.14. The molecule has 1 aliphatic heterocycles. The molecular formula is C17H15NO5. The van der Waals surface area contributed by atoms with Crippen LogP contribution in [0.1, 0.15) is 15.9 Å². The van der Waals surface area contributed by atoms with Gasteiger partial charge in [-0.2, -0.15) is 0 Å². The Morgan fingerprint density at radius 2 is 1.83 bits per heavy atom. The molecule has 0 N–H and O–H groups in total. The summed E-state index contributed by atoms with van der Waals surface area (Å²) in [5, 5.41) is 0. The van der Waals surface area contributed by atoms with E-state index in [1.54, 1.807) is 43.7 Å². The Morgan fingerprint density at radius 3 is 2.48 bits per heavy atom. The molecule has 0 unspecified atom stereocenters. The number of benzene rings is 2. The second kappa shape index (κ2) is 6.39. The number of esters is 1. The number of hydrogen-bond acceptors (Lipinski definition) is 6. The van der Waals surface area contributed by atoms with Crippen molar-refractivity contribution in [3.63, 3.8) is 0 Å². The van der Waals surface area contributed by atoms with Crippen molar-refractivity contribution >= 4 is 17.9 Å². The smallest absolute Gasteiger partial charge is 0.337 e. The van der Waals surface area contributed by atoms with Crippen molar-refractivity contribution in [1.29, 1.82) is 0 Å². The van der Waals surface area contributed by atoms with Gasteiger partial charge in [0.1, 0.15) is 5.75 Å². The summed E-state index contributed by atoms with van der Waals surface area (Å²) in [7, 11) is 2.93. The summed E-state index contributed by atoms with van der Waals surface area (Å²) >= 11 is 0. The van der Waals surface area contributed by atoms with Crippen molar-refractivity contribution in [2.45, 2.75) is 0 Å². The fourth-order valence-corrected chi connectivity index (χ4v) is 2.16. The Bertz CT molecular complexity index is 752. The molecule has 6 heteroatoms. The number of carbonyl (C=O) groups is 1. The molecule has 0 saturated carbocycles. The Hall–Kier alpha value is -3.02. The van der Waals surface area contributed by atoms with Gasteiger partial charge in [0.25, 0.3) is 0 Å². The maximum absolute atomic E-state index is 11.4. The Labute approximate surface area is 133 Å². The molecule has 3 rings (SSSR count). The molecule has 0 fully saturated rings. The molecule has 1 heterocycles. The maximum atomic E-state index is 11.4. The summed E-state index contributed by atoms with van der Waals surface area (Å²) in [6.45, 7) is 0.202. The van der Waals surface area contributed by atoms with Gasteiger partial charge >= 0.3 is 5.97 Å². The van der Waals surface area contributed by atoms with Crippen molar-refractivity contribution in [3.05, 3.63) is 47.5 Å². The van der Waals surface area contributed by atoms with Crippen molar-refractivity contribution < 1.29 is 23.7 Å². The average molecular weight is 313 g/mol. The van der Waals surface area contributed by atoms with E-state index in [0.717, 1.165) is 5.56 Å². The van der Waals surface area contributed by atoms with Crippen LogP contribution in [0.5, 0.6) is 17.2 Å². The average Bonchev–Trinajstić information content (AvgIpc) is 3.06. The molecule has 0 spiro atoms. The normalized spacial score (nSPS) is 12.4. The largest absolute Gasteiger partial charge is 0.496 e. The highest BCUT2D eigenvalue weighted by Gasteiger charge is 2.16. The van der Waals surface area contributed by atoms with Crippen LogP contribution in [0.25, 0.3) is 0 Å². The van der Waals surface area contributed by atoms with Crippen LogP contribution in [-0.4, -0.2) is 33.2 Å². The molecule has 0 amide bonds. The molecule has 0 atom stereocenters. The van der Waals surface area contributed by atoms with E-state index in [2.05, 4.69) is 9.73 Å². The van der Waals surface area contributed by atoms with Crippen LogP contribution in [0.2, 0.25) is 0 Å². The summed E-state index contributed by atoms with van der Waals surface area (Å²) in [5.74, 6) is 1.58. The highest BCUT2D eigenvalue weighted by molar-refractivity contribution is 5.90. The third-order valence-corrected chi connectivity index (χ3v) is 3.37. The van der Waals surface area contributed by atoms with Gasteiger partial charge in [0.2, 0.25) is 6.79 Å². The van der Waals surface area contributed by atoms with Gasteiger partial charge in [-0.3, -0.25) is 4.99 Å². The molecule has 6 nitrogen and oxygen atoms in total. The van der Waals surface area contributed by atoms with E-state index >= 15 is 0 Å². The molecule has 2 aromatic carbocycles. The number of fused-ring (bicyclic) bond motifs is 1. The molecule has 2 aromatic rings. The minimum atomic E-state index is -0.377. The van der Waals surface area contributed by atoms with Gasteiger partial charge in [-0.1, -0.05) is 0 Å². The maximum Gasteiger partial charge on any atom is 0.337 e. The number of carbonyl (C=O) groups excluding carboxylic acids is 1. The minimum absolute atomic E-state index is 0.202. The first-order valence-corrected chi connectivity index (χ1v) is 6.91. The van der Waals surface area contributed by atoms with Crippen LogP contribution in [0.4, 0.5) is 5.69 Å². The van der Waals surface area contributed by atoms with Gasteiger partial charge in [0.05, 0.1) is 25.5 Å². The molecular weight excluding hydrogens is 298 g/mol. The number of rotatable bonds is 4.